The fourth-order valence-electron chi connectivity index (χ4n) is 1.74. The van der Waals surface area contributed by atoms with Crippen molar-refractivity contribution < 1.29 is 19.7 Å². The zero-order valence-electron chi connectivity index (χ0n) is 13.2. The number of aliphatic hydroxyl groups is 2. The number of allylic oxidation sites excluding steroid dienone is 1. The van der Waals surface area contributed by atoms with Crippen LogP contribution in [0.5, 0.6) is 0 Å². The molecule has 0 saturated carbocycles. The number of aliphatic hydroxyl groups excluding tert-OH is 2. The molecule has 122 valence electrons. The molecule has 0 amide bonds. The summed E-state index contributed by atoms with van der Waals surface area (Å²) in [7, 11) is 0. The lowest BCUT2D eigenvalue weighted by Gasteiger charge is -2.02. The van der Waals surface area contributed by atoms with Gasteiger partial charge in [-0.05, 0) is 32.1 Å². The Morgan fingerprint density at radius 1 is 1.10 bits per heavy atom. The van der Waals surface area contributed by atoms with Crippen LogP contribution in [0, 0.1) is 0 Å². The van der Waals surface area contributed by atoms with Crippen LogP contribution in [0.3, 0.4) is 0 Å². The summed E-state index contributed by atoms with van der Waals surface area (Å²) in [6.45, 7) is 2.61. The molecule has 0 heterocycles. The van der Waals surface area contributed by atoms with Gasteiger partial charge in [0.1, 0.15) is 0 Å². The average molecular weight is 298 g/mol. The van der Waals surface area contributed by atoms with Crippen LogP contribution in [0.15, 0.2) is 24.3 Å². The highest BCUT2D eigenvalue weighted by atomic mass is 16.5. The minimum atomic E-state index is -0.563. The van der Waals surface area contributed by atoms with E-state index in [1.807, 2.05) is 12.2 Å². The first-order chi connectivity index (χ1) is 10.2. The topological polar surface area (TPSA) is 66.8 Å². The fourth-order valence-corrected chi connectivity index (χ4v) is 1.74. The van der Waals surface area contributed by atoms with E-state index >= 15 is 0 Å². The molecule has 0 saturated heterocycles. The van der Waals surface area contributed by atoms with Crippen LogP contribution in [-0.2, 0) is 9.53 Å². The highest BCUT2D eigenvalue weighted by Gasteiger charge is 2.01. The van der Waals surface area contributed by atoms with Crippen molar-refractivity contribution in [3.05, 3.63) is 24.3 Å². The third kappa shape index (κ3) is 15.1. The lowest BCUT2D eigenvalue weighted by Crippen LogP contribution is -2.05. The highest BCUT2D eigenvalue weighted by molar-refractivity contribution is 5.69. The smallest absolute Gasteiger partial charge is 0.305 e. The van der Waals surface area contributed by atoms with Gasteiger partial charge in [0.05, 0.1) is 12.7 Å². The number of ether oxygens (including phenoxy) is 1. The Hall–Kier alpha value is -1.13. The lowest BCUT2D eigenvalue weighted by atomic mass is 10.2. The van der Waals surface area contributed by atoms with Crippen LogP contribution in [0.2, 0.25) is 0 Å². The van der Waals surface area contributed by atoms with Gasteiger partial charge in [-0.25, -0.2) is 0 Å². The Kier molecular flexibility index (Phi) is 14.4. The van der Waals surface area contributed by atoms with Gasteiger partial charge in [0.25, 0.3) is 0 Å². The van der Waals surface area contributed by atoms with Gasteiger partial charge in [-0.2, -0.15) is 0 Å². The van der Waals surface area contributed by atoms with Gasteiger partial charge in [-0.15, -0.1) is 0 Å². The van der Waals surface area contributed by atoms with Crippen molar-refractivity contribution in [1.29, 1.82) is 0 Å². The van der Waals surface area contributed by atoms with E-state index in [2.05, 4.69) is 6.92 Å². The van der Waals surface area contributed by atoms with Crippen molar-refractivity contribution in [2.75, 3.05) is 13.2 Å². The van der Waals surface area contributed by atoms with Crippen molar-refractivity contribution in [1.82, 2.24) is 0 Å². The Balaban J connectivity index is 3.55. The first-order valence-corrected chi connectivity index (χ1v) is 7.98. The number of hydrogen-bond acceptors (Lipinski definition) is 4. The first kappa shape index (κ1) is 19.9. The predicted molar refractivity (Wildman–Crippen MR) is 84.9 cm³/mol. The average Bonchev–Trinajstić information content (AvgIpc) is 2.47. The standard InChI is InChI=1S/C17H30O4/c1-2-3-4-5-6-11-16(19)12-8-10-15-21-17(20)13-7-9-14-18/h6,8,11-12,16,18-19H,2-5,7,9-10,13-15H2,1H3/b11-6-,12-8-/t16-/m1/s1. The Labute approximate surface area is 128 Å². The molecule has 0 unspecified atom stereocenters. The van der Waals surface area contributed by atoms with Gasteiger partial charge < -0.3 is 14.9 Å². The van der Waals surface area contributed by atoms with Crippen LogP contribution >= 0.6 is 0 Å². The maximum Gasteiger partial charge on any atom is 0.305 e. The van der Waals surface area contributed by atoms with E-state index in [4.69, 9.17) is 9.84 Å². The van der Waals surface area contributed by atoms with Crippen LogP contribution in [0.4, 0.5) is 0 Å². The molecule has 0 spiro atoms. The maximum absolute atomic E-state index is 11.3. The minimum Gasteiger partial charge on any atom is -0.465 e. The molecule has 0 aliphatic carbocycles. The van der Waals surface area contributed by atoms with E-state index in [9.17, 15) is 9.90 Å². The Morgan fingerprint density at radius 3 is 2.48 bits per heavy atom. The summed E-state index contributed by atoms with van der Waals surface area (Å²) in [4.78, 5) is 11.3. The Bertz CT molecular complexity index is 297. The summed E-state index contributed by atoms with van der Waals surface area (Å²) in [5, 5.41) is 18.2. The molecule has 0 aromatic carbocycles. The molecule has 0 fully saturated rings. The molecule has 0 aromatic heterocycles. The number of hydrogen-bond donors (Lipinski definition) is 2. The first-order valence-electron chi connectivity index (χ1n) is 7.98. The van der Waals surface area contributed by atoms with Gasteiger partial charge in [0.2, 0.25) is 0 Å². The molecule has 0 radical (unpaired) electrons. The fraction of sp³-hybridized carbons (Fsp3) is 0.706. The normalized spacial score (nSPS) is 13.1. The summed E-state index contributed by atoms with van der Waals surface area (Å²) in [6.07, 6.45) is 13.6. The predicted octanol–water partition coefficient (Wildman–Crippen LogP) is 3.14. The number of esters is 1. The molecule has 2 N–H and O–H groups in total. The summed E-state index contributed by atoms with van der Waals surface area (Å²) < 4.78 is 5.02. The van der Waals surface area contributed by atoms with E-state index in [0.717, 1.165) is 12.8 Å². The zero-order valence-corrected chi connectivity index (χ0v) is 13.2. The van der Waals surface area contributed by atoms with E-state index < -0.39 is 6.10 Å². The summed E-state index contributed by atoms with van der Waals surface area (Å²) >= 11 is 0. The quantitative estimate of drug-likeness (QED) is 0.311. The Morgan fingerprint density at radius 2 is 1.81 bits per heavy atom. The number of rotatable bonds is 13. The molecule has 1 atom stereocenters. The lowest BCUT2D eigenvalue weighted by molar-refractivity contribution is -0.143. The third-order valence-electron chi connectivity index (χ3n) is 2.98. The second-order valence-electron chi connectivity index (χ2n) is 5.03. The van der Waals surface area contributed by atoms with E-state index in [1.54, 1.807) is 12.2 Å². The number of carbonyl (C=O) groups is 1. The zero-order chi connectivity index (χ0) is 15.8. The minimum absolute atomic E-state index is 0.111. The van der Waals surface area contributed by atoms with E-state index in [1.165, 1.54) is 12.8 Å². The van der Waals surface area contributed by atoms with E-state index in [0.29, 0.717) is 32.3 Å². The second-order valence-corrected chi connectivity index (χ2v) is 5.03. The molecule has 0 aliphatic rings. The van der Waals surface area contributed by atoms with Crippen LogP contribution in [0.25, 0.3) is 0 Å². The number of carbonyl (C=O) groups excluding carboxylic acids is 1. The monoisotopic (exact) mass is 298 g/mol. The van der Waals surface area contributed by atoms with Crippen molar-refractivity contribution in [3.8, 4) is 0 Å². The molecule has 0 aliphatic heterocycles. The van der Waals surface area contributed by atoms with Gasteiger partial charge >= 0.3 is 5.97 Å². The molecular formula is C17H30O4. The van der Waals surface area contributed by atoms with Gasteiger partial charge in [-0.3, -0.25) is 4.79 Å². The molecule has 0 rings (SSSR count). The highest BCUT2D eigenvalue weighted by Crippen LogP contribution is 2.01. The van der Waals surface area contributed by atoms with Crippen LogP contribution in [0.1, 0.15) is 58.3 Å². The molecule has 21 heavy (non-hydrogen) atoms. The molecule has 4 nitrogen and oxygen atoms in total. The molecule has 4 heteroatoms. The van der Waals surface area contributed by atoms with Crippen molar-refractivity contribution in [3.63, 3.8) is 0 Å². The third-order valence-corrected chi connectivity index (χ3v) is 2.98. The van der Waals surface area contributed by atoms with Crippen molar-refractivity contribution in [2.45, 2.75) is 64.4 Å². The molecule has 0 bridgehead atoms. The SMILES string of the molecule is CCCCC/C=C\[C@@H](O)/C=C\CCOC(=O)CCCCO. The largest absolute Gasteiger partial charge is 0.465 e. The van der Waals surface area contributed by atoms with Gasteiger partial charge in [0.15, 0.2) is 0 Å². The second kappa shape index (κ2) is 15.3. The maximum atomic E-state index is 11.3. The van der Waals surface area contributed by atoms with E-state index in [-0.39, 0.29) is 12.6 Å². The van der Waals surface area contributed by atoms with Crippen LogP contribution < -0.4 is 0 Å². The summed E-state index contributed by atoms with van der Waals surface area (Å²) in [5.74, 6) is -0.229. The molecular weight excluding hydrogens is 268 g/mol. The summed E-state index contributed by atoms with van der Waals surface area (Å²) in [5.41, 5.74) is 0. The summed E-state index contributed by atoms with van der Waals surface area (Å²) in [6, 6.07) is 0. The molecule has 0 aromatic rings. The van der Waals surface area contributed by atoms with Crippen molar-refractivity contribution in [2.24, 2.45) is 0 Å². The number of unbranched alkanes of at least 4 members (excludes halogenated alkanes) is 4. The van der Waals surface area contributed by atoms with Crippen LogP contribution in [-0.4, -0.2) is 35.5 Å². The van der Waals surface area contributed by atoms with Gasteiger partial charge in [-0.1, -0.05) is 44.1 Å². The van der Waals surface area contributed by atoms with Crippen molar-refractivity contribution >= 4 is 5.97 Å². The van der Waals surface area contributed by atoms with Gasteiger partial charge in [0, 0.05) is 13.0 Å².